The van der Waals surface area contributed by atoms with Crippen LogP contribution >= 0.6 is 11.6 Å². The van der Waals surface area contributed by atoms with Gasteiger partial charge in [0.2, 0.25) is 0 Å². The average Bonchev–Trinajstić information content (AvgIpc) is 2.28. The first kappa shape index (κ1) is 12.1. The van der Waals surface area contributed by atoms with Crippen LogP contribution in [0.4, 0.5) is 0 Å². The molecule has 0 aromatic heterocycles. The molecule has 1 aliphatic rings. The molecule has 1 N–H and O–H groups in total. The monoisotopic (exact) mass is 257 g/mol. The zero-order chi connectivity index (χ0) is 11.5. The molecule has 2 nitrogen and oxygen atoms in total. The van der Waals surface area contributed by atoms with Crippen molar-refractivity contribution in [1.82, 2.24) is 5.32 Å². The summed E-state index contributed by atoms with van der Waals surface area (Å²) in [6, 6.07) is 8.34. The second-order valence-corrected chi connectivity index (χ2v) is 6.14. The molecule has 2 rings (SSSR count). The van der Waals surface area contributed by atoms with Crippen LogP contribution in [-0.4, -0.2) is 21.8 Å². The van der Waals surface area contributed by atoms with E-state index in [2.05, 4.69) is 12.2 Å². The highest BCUT2D eigenvalue weighted by Crippen LogP contribution is 2.22. The highest BCUT2D eigenvalue weighted by atomic mass is 35.5. The lowest BCUT2D eigenvalue weighted by atomic mass is 10.1. The minimum absolute atomic E-state index is 0.179. The fourth-order valence-electron chi connectivity index (χ4n) is 2.01. The number of halogens is 1. The maximum absolute atomic E-state index is 11.7. The summed E-state index contributed by atoms with van der Waals surface area (Å²) in [7, 11) is -0.713. The molecular formula is C12H16ClNOS. The molecule has 3 atom stereocenters. The van der Waals surface area contributed by atoms with Crippen molar-refractivity contribution in [3.63, 3.8) is 0 Å². The summed E-state index contributed by atoms with van der Waals surface area (Å²) in [5.74, 6) is 1.46. The molecule has 3 unspecified atom stereocenters. The predicted molar refractivity (Wildman–Crippen MR) is 69.3 cm³/mol. The van der Waals surface area contributed by atoms with E-state index in [9.17, 15) is 4.21 Å². The maximum Gasteiger partial charge on any atom is 0.0439 e. The number of benzene rings is 1. The van der Waals surface area contributed by atoms with Crippen LogP contribution < -0.4 is 5.32 Å². The summed E-state index contributed by atoms with van der Waals surface area (Å²) < 4.78 is 11.7. The van der Waals surface area contributed by atoms with Crippen molar-refractivity contribution in [3.8, 4) is 0 Å². The molecule has 0 saturated carbocycles. The van der Waals surface area contributed by atoms with Gasteiger partial charge in [-0.15, -0.1) is 0 Å². The van der Waals surface area contributed by atoms with Gasteiger partial charge in [-0.25, -0.2) is 0 Å². The lowest BCUT2D eigenvalue weighted by Gasteiger charge is -2.30. The van der Waals surface area contributed by atoms with Gasteiger partial charge >= 0.3 is 0 Å². The van der Waals surface area contributed by atoms with Gasteiger partial charge in [-0.1, -0.05) is 30.7 Å². The molecule has 1 heterocycles. The van der Waals surface area contributed by atoms with Crippen molar-refractivity contribution < 1.29 is 4.21 Å². The Morgan fingerprint density at radius 3 is 3.00 bits per heavy atom. The maximum atomic E-state index is 11.7. The third-order valence-electron chi connectivity index (χ3n) is 2.92. The van der Waals surface area contributed by atoms with Crippen LogP contribution in [0.25, 0.3) is 0 Å². The Morgan fingerprint density at radius 2 is 2.31 bits per heavy atom. The van der Waals surface area contributed by atoms with E-state index in [1.165, 1.54) is 0 Å². The molecule has 1 saturated heterocycles. The molecule has 16 heavy (non-hydrogen) atoms. The minimum atomic E-state index is -0.713. The van der Waals surface area contributed by atoms with Gasteiger partial charge in [-0.2, -0.15) is 0 Å². The molecule has 4 heteroatoms. The summed E-state index contributed by atoms with van der Waals surface area (Å²) in [6.45, 7) is 2.12. The van der Waals surface area contributed by atoms with Crippen molar-refractivity contribution in [1.29, 1.82) is 0 Å². The van der Waals surface area contributed by atoms with E-state index in [0.29, 0.717) is 11.8 Å². The molecule has 0 bridgehead atoms. The second-order valence-electron chi connectivity index (χ2n) is 4.15. The van der Waals surface area contributed by atoms with E-state index in [1.54, 1.807) is 0 Å². The third kappa shape index (κ3) is 2.84. The van der Waals surface area contributed by atoms with Crippen molar-refractivity contribution in [2.75, 3.05) is 11.5 Å². The topological polar surface area (TPSA) is 29.1 Å². The molecule has 1 aromatic carbocycles. The van der Waals surface area contributed by atoms with Crippen LogP contribution in [0, 0.1) is 0 Å². The fourth-order valence-corrected chi connectivity index (χ4v) is 3.79. The second kappa shape index (κ2) is 5.30. The molecule has 0 spiro atoms. The van der Waals surface area contributed by atoms with Crippen LogP contribution in [0.1, 0.15) is 24.9 Å². The van der Waals surface area contributed by atoms with Gasteiger partial charge in [0.1, 0.15) is 0 Å². The zero-order valence-electron chi connectivity index (χ0n) is 9.28. The highest BCUT2D eigenvalue weighted by Gasteiger charge is 2.25. The average molecular weight is 258 g/mol. The summed E-state index contributed by atoms with van der Waals surface area (Å²) in [4.78, 5) is 0. The van der Waals surface area contributed by atoms with E-state index < -0.39 is 10.8 Å². The van der Waals surface area contributed by atoms with E-state index in [1.807, 2.05) is 24.3 Å². The van der Waals surface area contributed by atoms with Crippen molar-refractivity contribution in [3.05, 3.63) is 34.9 Å². The van der Waals surface area contributed by atoms with Crippen molar-refractivity contribution >= 4 is 22.4 Å². The molecule has 88 valence electrons. The van der Waals surface area contributed by atoms with Crippen LogP contribution in [0.2, 0.25) is 5.02 Å². The van der Waals surface area contributed by atoms with Gasteiger partial charge in [0.05, 0.1) is 0 Å². The quantitative estimate of drug-likeness (QED) is 0.882. The number of rotatable bonds is 2. The lowest BCUT2D eigenvalue weighted by Crippen LogP contribution is -2.44. The number of hydrogen-bond acceptors (Lipinski definition) is 2. The predicted octanol–water partition coefficient (Wildman–Crippen LogP) is 2.51. The van der Waals surface area contributed by atoms with E-state index in [-0.39, 0.29) is 6.04 Å². The van der Waals surface area contributed by atoms with Gasteiger partial charge in [0, 0.05) is 39.4 Å². The smallest absolute Gasteiger partial charge is 0.0439 e. The largest absolute Gasteiger partial charge is 0.305 e. The first-order valence-corrected chi connectivity index (χ1v) is 7.42. The number of hydrogen-bond donors (Lipinski definition) is 1. The van der Waals surface area contributed by atoms with Gasteiger partial charge in [-0.3, -0.25) is 4.21 Å². The van der Waals surface area contributed by atoms with Gasteiger partial charge in [0.15, 0.2) is 0 Å². The Kier molecular flexibility index (Phi) is 4.00. The molecule has 0 amide bonds. The Balaban J connectivity index is 2.17. The molecule has 1 fully saturated rings. The summed E-state index contributed by atoms with van der Waals surface area (Å²) in [6.07, 6.45) is 1.02. The molecule has 1 aromatic rings. The summed E-state index contributed by atoms with van der Waals surface area (Å²) in [5, 5.41) is 4.26. The van der Waals surface area contributed by atoms with E-state index >= 15 is 0 Å². The molecule has 1 aliphatic heterocycles. The Morgan fingerprint density at radius 1 is 1.50 bits per heavy atom. The normalized spacial score (nSPS) is 30.2. The SMILES string of the molecule is CCC1CS(=O)CC(c2cccc(Cl)c2)N1. The molecule has 0 radical (unpaired) electrons. The standard InChI is InChI=1S/C12H16ClNOS/c1-2-11-7-16(15)8-12(14-11)9-4-3-5-10(13)6-9/h3-6,11-12,14H,2,7-8H2,1H3. The highest BCUT2D eigenvalue weighted by molar-refractivity contribution is 7.85. The third-order valence-corrected chi connectivity index (χ3v) is 4.63. The Bertz CT molecular complexity index is 396. The summed E-state index contributed by atoms with van der Waals surface area (Å²) in [5.41, 5.74) is 1.14. The Hall–Kier alpha value is -0.380. The first-order chi connectivity index (χ1) is 7.69. The van der Waals surface area contributed by atoms with E-state index in [4.69, 9.17) is 11.6 Å². The van der Waals surface area contributed by atoms with Gasteiger partial charge in [0.25, 0.3) is 0 Å². The van der Waals surface area contributed by atoms with Gasteiger partial charge in [-0.05, 0) is 24.1 Å². The van der Waals surface area contributed by atoms with Crippen LogP contribution in [-0.2, 0) is 10.8 Å². The molecular weight excluding hydrogens is 242 g/mol. The van der Waals surface area contributed by atoms with Gasteiger partial charge < -0.3 is 5.32 Å². The van der Waals surface area contributed by atoms with Crippen molar-refractivity contribution in [2.45, 2.75) is 25.4 Å². The zero-order valence-corrected chi connectivity index (χ0v) is 10.9. The summed E-state index contributed by atoms with van der Waals surface area (Å²) >= 11 is 5.97. The van der Waals surface area contributed by atoms with E-state index in [0.717, 1.165) is 22.8 Å². The van der Waals surface area contributed by atoms with Crippen LogP contribution in [0.3, 0.4) is 0 Å². The van der Waals surface area contributed by atoms with Crippen molar-refractivity contribution in [2.24, 2.45) is 0 Å². The lowest BCUT2D eigenvalue weighted by molar-refractivity contribution is 0.456. The molecule has 0 aliphatic carbocycles. The van der Waals surface area contributed by atoms with Crippen LogP contribution in [0.15, 0.2) is 24.3 Å². The van der Waals surface area contributed by atoms with Crippen LogP contribution in [0.5, 0.6) is 0 Å². The number of nitrogens with one attached hydrogen (secondary N) is 1. The first-order valence-electron chi connectivity index (χ1n) is 5.55. The fraction of sp³-hybridized carbons (Fsp3) is 0.500. The Labute approximate surface area is 104 Å². The minimum Gasteiger partial charge on any atom is -0.305 e.